The summed E-state index contributed by atoms with van der Waals surface area (Å²) in [6.07, 6.45) is 1.47. The number of carbonyl (C=O) groups is 1. The molecule has 0 aliphatic carbocycles. The molecule has 2 aromatic rings. The lowest BCUT2D eigenvalue weighted by Crippen LogP contribution is -2.12. The Morgan fingerprint density at radius 2 is 1.86 bits per heavy atom. The minimum absolute atomic E-state index is 0.0694. The van der Waals surface area contributed by atoms with Gasteiger partial charge < -0.3 is 10.5 Å². The van der Waals surface area contributed by atoms with E-state index in [1.165, 1.54) is 6.08 Å². The summed E-state index contributed by atoms with van der Waals surface area (Å²) in [5.41, 5.74) is 7.74. The Morgan fingerprint density at radius 3 is 2.43 bits per heavy atom. The van der Waals surface area contributed by atoms with Crippen LogP contribution in [0.1, 0.15) is 5.56 Å². The van der Waals surface area contributed by atoms with Crippen molar-refractivity contribution >= 4 is 12.0 Å². The summed E-state index contributed by atoms with van der Waals surface area (Å²) in [5.74, 6) is 0.0574. The number of nitrogens with two attached hydrogens (primary N) is 1. The molecule has 0 bridgehead atoms. The third-order valence-corrected chi connectivity index (χ3v) is 3.03. The van der Waals surface area contributed by atoms with Crippen LogP contribution in [0.2, 0.25) is 0 Å². The van der Waals surface area contributed by atoms with E-state index in [-0.39, 0.29) is 5.57 Å². The summed E-state index contributed by atoms with van der Waals surface area (Å²) in [6.45, 7) is 0. The van der Waals surface area contributed by atoms with Gasteiger partial charge in [-0.05, 0) is 23.3 Å². The van der Waals surface area contributed by atoms with Gasteiger partial charge in [0.25, 0.3) is 5.91 Å². The van der Waals surface area contributed by atoms with Crippen LogP contribution in [0, 0.1) is 11.3 Å². The Balaban J connectivity index is 2.36. The predicted octanol–water partition coefficient (Wildman–Crippen LogP) is 2.75. The number of carbonyl (C=O) groups excluding carboxylic acids is 1. The minimum Gasteiger partial charge on any atom is -0.496 e. The standard InChI is InChI=1S/C17H14N2O2/c1-21-16-5-3-2-4-15(16)13-8-6-12(7-9-13)10-14(11-18)17(19)20/h2-10H,1H3,(H2,19,20)/b14-10+. The smallest absolute Gasteiger partial charge is 0.259 e. The molecule has 2 rings (SSSR count). The molecule has 0 saturated heterocycles. The summed E-state index contributed by atoms with van der Waals surface area (Å²) in [6, 6.07) is 16.9. The van der Waals surface area contributed by atoms with Gasteiger partial charge in [-0.3, -0.25) is 4.79 Å². The van der Waals surface area contributed by atoms with Crippen LogP contribution < -0.4 is 10.5 Å². The second kappa shape index (κ2) is 6.40. The number of rotatable bonds is 4. The lowest BCUT2D eigenvalue weighted by atomic mass is 10.0. The summed E-state index contributed by atoms with van der Waals surface area (Å²) in [7, 11) is 1.63. The molecule has 21 heavy (non-hydrogen) atoms. The van der Waals surface area contributed by atoms with Gasteiger partial charge in [-0.2, -0.15) is 5.26 Å². The van der Waals surface area contributed by atoms with E-state index in [1.54, 1.807) is 13.2 Å². The number of amides is 1. The molecule has 104 valence electrons. The Bertz CT molecular complexity index is 725. The Hall–Kier alpha value is -3.06. The number of nitrogens with zero attached hydrogens (tertiary/aromatic N) is 1. The van der Waals surface area contributed by atoms with Crippen molar-refractivity contribution in [1.82, 2.24) is 0 Å². The number of ether oxygens (including phenoxy) is 1. The van der Waals surface area contributed by atoms with Crippen LogP contribution in [-0.4, -0.2) is 13.0 Å². The van der Waals surface area contributed by atoms with Crippen molar-refractivity contribution in [3.8, 4) is 22.9 Å². The lowest BCUT2D eigenvalue weighted by Gasteiger charge is -2.08. The first-order chi connectivity index (χ1) is 10.2. The molecule has 4 heteroatoms. The van der Waals surface area contributed by atoms with Crippen molar-refractivity contribution < 1.29 is 9.53 Å². The van der Waals surface area contributed by atoms with Gasteiger partial charge in [-0.25, -0.2) is 0 Å². The van der Waals surface area contributed by atoms with E-state index in [1.807, 2.05) is 48.5 Å². The number of para-hydroxylation sites is 1. The first-order valence-corrected chi connectivity index (χ1v) is 6.30. The van der Waals surface area contributed by atoms with Gasteiger partial charge in [0.2, 0.25) is 0 Å². The molecule has 0 spiro atoms. The summed E-state index contributed by atoms with van der Waals surface area (Å²) >= 11 is 0. The number of hydrogen-bond donors (Lipinski definition) is 1. The molecule has 0 aromatic heterocycles. The highest BCUT2D eigenvalue weighted by Gasteiger charge is 2.06. The van der Waals surface area contributed by atoms with Crippen molar-refractivity contribution in [2.45, 2.75) is 0 Å². The maximum absolute atomic E-state index is 11.0. The van der Waals surface area contributed by atoms with Crippen molar-refractivity contribution in [1.29, 1.82) is 5.26 Å². The predicted molar refractivity (Wildman–Crippen MR) is 81.2 cm³/mol. The van der Waals surface area contributed by atoms with Crippen molar-refractivity contribution in [2.75, 3.05) is 7.11 Å². The number of primary amides is 1. The third kappa shape index (κ3) is 3.28. The number of methoxy groups -OCH3 is 1. The molecule has 1 amide bonds. The van der Waals surface area contributed by atoms with Crippen LogP contribution >= 0.6 is 0 Å². The van der Waals surface area contributed by atoms with Crippen molar-refractivity contribution in [3.05, 3.63) is 59.7 Å². The molecule has 0 radical (unpaired) electrons. The highest BCUT2D eigenvalue weighted by atomic mass is 16.5. The molecule has 0 fully saturated rings. The third-order valence-electron chi connectivity index (χ3n) is 3.03. The average molecular weight is 278 g/mol. The maximum atomic E-state index is 11.0. The van der Waals surface area contributed by atoms with E-state index in [9.17, 15) is 4.79 Å². The molecule has 0 saturated carbocycles. The van der Waals surface area contributed by atoms with Gasteiger partial charge in [-0.15, -0.1) is 0 Å². The SMILES string of the molecule is COc1ccccc1-c1ccc(/C=C(\C#N)C(N)=O)cc1. The van der Waals surface area contributed by atoms with E-state index < -0.39 is 5.91 Å². The van der Waals surface area contributed by atoms with E-state index >= 15 is 0 Å². The fourth-order valence-electron chi connectivity index (χ4n) is 1.97. The van der Waals surface area contributed by atoms with Crippen LogP contribution in [0.25, 0.3) is 17.2 Å². The molecular weight excluding hydrogens is 264 g/mol. The zero-order valence-electron chi connectivity index (χ0n) is 11.5. The van der Waals surface area contributed by atoms with Gasteiger partial charge in [0.15, 0.2) is 0 Å². The van der Waals surface area contributed by atoms with Crippen LogP contribution in [0.15, 0.2) is 54.1 Å². The summed E-state index contributed by atoms with van der Waals surface area (Å²) in [5, 5.41) is 8.82. The minimum atomic E-state index is -0.730. The molecule has 0 aliphatic heterocycles. The Kier molecular flexibility index (Phi) is 4.37. The number of benzene rings is 2. The zero-order valence-corrected chi connectivity index (χ0v) is 11.5. The first-order valence-electron chi connectivity index (χ1n) is 6.30. The van der Waals surface area contributed by atoms with E-state index in [0.29, 0.717) is 0 Å². The zero-order chi connectivity index (χ0) is 15.2. The summed E-state index contributed by atoms with van der Waals surface area (Å²) < 4.78 is 5.33. The molecule has 2 N–H and O–H groups in total. The highest BCUT2D eigenvalue weighted by molar-refractivity contribution is 6.00. The second-order valence-corrected chi connectivity index (χ2v) is 4.36. The van der Waals surface area contributed by atoms with Crippen molar-refractivity contribution in [2.24, 2.45) is 5.73 Å². The quantitative estimate of drug-likeness (QED) is 0.690. The second-order valence-electron chi connectivity index (χ2n) is 4.36. The first kappa shape index (κ1) is 14.4. The largest absolute Gasteiger partial charge is 0.496 e. The molecule has 0 atom stereocenters. The number of nitriles is 1. The fraction of sp³-hybridized carbons (Fsp3) is 0.0588. The summed E-state index contributed by atoms with van der Waals surface area (Å²) in [4.78, 5) is 11.0. The molecule has 0 aliphatic rings. The van der Waals surface area contributed by atoms with E-state index in [2.05, 4.69) is 0 Å². The van der Waals surface area contributed by atoms with Crippen LogP contribution in [0.4, 0.5) is 0 Å². The Labute approximate surface area is 123 Å². The number of hydrogen-bond acceptors (Lipinski definition) is 3. The van der Waals surface area contributed by atoms with Crippen LogP contribution in [-0.2, 0) is 4.79 Å². The maximum Gasteiger partial charge on any atom is 0.259 e. The van der Waals surface area contributed by atoms with Gasteiger partial charge in [0, 0.05) is 5.56 Å². The normalized spacial score (nSPS) is 10.8. The van der Waals surface area contributed by atoms with Gasteiger partial charge in [0.1, 0.15) is 17.4 Å². The van der Waals surface area contributed by atoms with Gasteiger partial charge in [-0.1, -0.05) is 42.5 Å². The molecular formula is C17H14N2O2. The molecule has 0 unspecified atom stereocenters. The fourth-order valence-corrected chi connectivity index (χ4v) is 1.97. The van der Waals surface area contributed by atoms with Crippen molar-refractivity contribution in [3.63, 3.8) is 0 Å². The van der Waals surface area contributed by atoms with Crippen LogP contribution in [0.5, 0.6) is 5.75 Å². The molecule has 4 nitrogen and oxygen atoms in total. The highest BCUT2D eigenvalue weighted by Crippen LogP contribution is 2.29. The van der Waals surface area contributed by atoms with Gasteiger partial charge in [0.05, 0.1) is 7.11 Å². The van der Waals surface area contributed by atoms with Crippen LogP contribution in [0.3, 0.4) is 0 Å². The monoisotopic (exact) mass is 278 g/mol. The Morgan fingerprint density at radius 1 is 1.19 bits per heavy atom. The topological polar surface area (TPSA) is 76.1 Å². The van der Waals surface area contributed by atoms with E-state index in [0.717, 1.165) is 22.4 Å². The lowest BCUT2D eigenvalue weighted by molar-refractivity contribution is -0.114. The molecule has 2 aromatic carbocycles. The van der Waals surface area contributed by atoms with Gasteiger partial charge >= 0.3 is 0 Å². The average Bonchev–Trinajstić information content (AvgIpc) is 2.52. The molecule has 0 heterocycles. The van der Waals surface area contributed by atoms with E-state index in [4.69, 9.17) is 15.7 Å².